The van der Waals surface area contributed by atoms with Crippen molar-refractivity contribution in [2.75, 3.05) is 25.0 Å². The third kappa shape index (κ3) is 6.84. The molecule has 6 nitrogen and oxygen atoms in total. The predicted molar refractivity (Wildman–Crippen MR) is 131 cm³/mol. The maximum atomic E-state index is 13.3. The lowest BCUT2D eigenvalue weighted by Crippen LogP contribution is -2.45. The van der Waals surface area contributed by atoms with Crippen LogP contribution < -0.4 is 5.32 Å². The highest BCUT2D eigenvalue weighted by atomic mass is 16.3. The summed E-state index contributed by atoms with van der Waals surface area (Å²) in [5.41, 5.74) is 3.96. The molecule has 0 bridgehead atoms. The van der Waals surface area contributed by atoms with Gasteiger partial charge < -0.3 is 19.5 Å². The Morgan fingerprint density at radius 2 is 1.79 bits per heavy atom. The maximum absolute atomic E-state index is 13.3. The molecule has 1 aromatic heterocycles. The summed E-state index contributed by atoms with van der Waals surface area (Å²) >= 11 is 0. The minimum atomic E-state index is -0.335. The van der Waals surface area contributed by atoms with E-state index in [2.05, 4.69) is 11.9 Å². The van der Waals surface area contributed by atoms with Crippen molar-refractivity contribution in [1.82, 2.24) is 9.80 Å². The van der Waals surface area contributed by atoms with E-state index in [-0.39, 0.29) is 25.0 Å². The van der Waals surface area contributed by atoms with Crippen LogP contribution in [0.15, 0.2) is 84.0 Å². The number of rotatable bonds is 10. The van der Waals surface area contributed by atoms with E-state index in [1.54, 1.807) is 23.3 Å². The van der Waals surface area contributed by atoms with E-state index in [9.17, 15) is 9.59 Å². The van der Waals surface area contributed by atoms with Crippen LogP contribution in [0.2, 0.25) is 0 Å². The summed E-state index contributed by atoms with van der Waals surface area (Å²) in [7, 11) is 0. The second-order valence-electron chi connectivity index (χ2n) is 7.98. The normalized spacial score (nSPS) is 10.5. The first-order valence-electron chi connectivity index (χ1n) is 11.0. The van der Waals surface area contributed by atoms with Crippen molar-refractivity contribution in [3.05, 3.63) is 102 Å². The first-order chi connectivity index (χ1) is 16.0. The van der Waals surface area contributed by atoms with Crippen LogP contribution in [0.5, 0.6) is 0 Å². The van der Waals surface area contributed by atoms with E-state index >= 15 is 0 Å². The number of amides is 3. The van der Waals surface area contributed by atoms with Crippen molar-refractivity contribution in [3.8, 4) is 0 Å². The molecule has 0 saturated heterocycles. The van der Waals surface area contributed by atoms with Crippen LogP contribution in [0.3, 0.4) is 0 Å². The largest absolute Gasteiger partial charge is 0.467 e. The Kier molecular flexibility index (Phi) is 8.47. The molecule has 3 aromatic rings. The fourth-order valence-corrected chi connectivity index (χ4v) is 3.51. The van der Waals surface area contributed by atoms with E-state index in [1.165, 1.54) is 4.90 Å². The molecular formula is C27H31N3O3. The zero-order chi connectivity index (χ0) is 23.6. The van der Waals surface area contributed by atoms with Crippen molar-refractivity contribution in [3.63, 3.8) is 0 Å². The summed E-state index contributed by atoms with van der Waals surface area (Å²) in [6.07, 6.45) is 3.93. The molecule has 0 aliphatic carbocycles. The van der Waals surface area contributed by atoms with Gasteiger partial charge in [-0.15, -0.1) is 6.58 Å². The Balaban J connectivity index is 1.71. The fourth-order valence-electron chi connectivity index (χ4n) is 3.51. The third-order valence-corrected chi connectivity index (χ3v) is 5.60. The van der Waals surface area contributed by atoms with Gasteiger partial charge in [0.05, 0.1) is 12.8 Å². The molecule has 1 N–H and O–H groups in total. The standard InChI is InChI=1S/C27H31N3O3/c1-4-16-30(27(32)28-25-14-8-10-21(2)22(25)3)20-26(31)29(19-24-13-9-18-33-24)17-15-23-11-6-5-7-12-23/h4-14,18H,1,15-17,19-20H2,2-3H3,(H,28,32). The van der Waals surface area contributed by atoms with E-state index in [0.29, 0.717) is 25.3 Å². The summed E-state index contributed by atoms with van der Waals surface area (Å²) in [5, 5.41) is 2.93. The molecule has 1 heterocycles. The molecule has 6 heteroatoms. The second-order valence-corrected chi connectivity index (χ2v) is 7.98. The highest BCUT2D eigenvalue weighted by Crippen LogP contribution is 2.18. The summed E-state index contributed by atoms with van der Waals surface area (Å²) in [6.45, 7) is 8.77. The van der Waals surface area contributed by atoms with Crippen LogP contribution in [0.4, 0.5) is 10.5 Å². The Bertz CT molecular complexity index is 1060. The number of furan rings is 1. The lowest BCUT2D eigenvalue weighted by molar-refractivity contribution is -0.132. The number of urea groups is 1. The summed E-state index contributed by atoms with van der Waals surface area (Å²) < 4.78 is 5.47. The quantitative estimate of drug-likeness (QED) is 0.437. The first-order valence-corrected chi connectivity index (χ1v) is 11.0. The van der Waals surface area contributed by atoms with Gasteiger partial charge in [0.2, 0.25) is 5.91 Å². The predicted octanol–water partition coefficient (Wildman–Crippen LogP) is 5.19. The van der Waals surface area contributed by atoms with Crippen LogP contribution in [0, 0.1) is 13.8 Å². The van der Waals surface area contributed by atoms with Crippen molar-refractivity contribution in [1.29, 1.82) is 0 Å². The van der Waals surface area contributed by atoms with Crippen LogP contribution >= 0.6 is 0 Å². The number of anilines is 1. The lowest BCUT2D eigenvalue weighted by atomic mass is 10.1. The van der Waals surface area contributed by atoms with Crippen molar-refractivity contribution >= 4 is 17.6 Å². The van der Waals surface area contributed by atoms with Gasteiger partial charge in [-0.3, -0.25) is 4.79 Å². The Morgan fingerprint density at radius 1 is 1.00 bits per heavy atom. The highest BCUT2D eigenvalue weighted by molar-refractivity contribution is 5.93. The van der Waals surface area contributed by atoms with Crippen molar-refractivity contribution in [2.45, 2.75) is 26.8 Å². The molecule has 0 spiro atoms. The van der Waals surface area contributed by atoms with Gasteiger partial charge in [0.15, 0.2) is 0 Å². The summed E-state index contributed by atoms with van der Waals surface area (Å²) in [6, 6.07) is 19.1. The molecule has 172 valence electrons. The monoisotopic (exact) mass is 445 g/mol. The van der Waals surface area contributed by atoms with E-state index in [0.717, 1.165) is 22.4 Å². The van der Waals surface area contributed by atoms with Gasteiger partial charge in [0.25, 0.3) is 0 Å². The zero-order valence-electron chi connectivity index (χ0n) is 19.3. The molecule has 0 atom stereocenters. The third-order valence-electron chi connectivity index (χ3n) is 5.60. The number of carbonyl (C=O) groups is 2. The molecular weight excluding hydrogens is 414 g/mol. The van der Waals surface area contributed by atoms with E-state index < -0.39 is 0 Å². The SMILES string of the molecule is C=CCN(CC(=O)N(CCc1ccccc1)Cc1ccco1)C(=O)Nc1cccc(C)c1C. The number of aryl methyl sites for hydroxylation is 1. The molecule has 33 heavy (non-hydrogen) atoms. The molecule has 0 saturated carbocycles. The van der Waals surface area contributed by atoms with Crippen molar-refractivity contribution < 1.29 is 14.0 Å². The molecule has 0 unspecified atom stereocenters. The lowest BCUT2D eigenvalue weighted by Gasteiger charge is -2.27. The fraction of sp³-hybridized carbons (Fsp3) is 0.259. The number of nitrogens with one attached hydrogen (secondary N) is 1. The average Bonchev–Trinajstić information content (AvgIpc) is 3.33. The summed E-state index contributed by atoms with van der Waals surface area (Å²) in [4.78, 5) is 29.5. The number of hydrogen-bond donors (Lipinski definition) is 1. The first kappa shape index (κ1) is 23.9. The van der Waals surface area contributed by atoms with Gasteiger partial charge in [-0.05, 0) is 55.2 Å². The Labute approximate surface area is 195 Å². The van der Waals surface area contributed by atoms with Gasteiger partial charge in [0.1, 0.15) is 12.3 Å². The van der Waals surface area contributed by atoms with Crippen LogP contribution in [0.25, 0.3) is 0 Å². The summed E-state index contributed by atoms with van der Waals surface area (Å²) in [5.74, 6) is 0.548. The van der Waals surface area contributed by atoms with Gasteiger partial charge >= 0.3 is 6.03 Å². The second kappa shape index (κ2) is 11.7. The van der Waals surface area contributed by atoms with Gasteiger partial charge in [0, 0.05) is 18.8 Å². The molecule has 2 aromatic carbocycles. The molecule has 0 aliphatic rings. The molecule has 3 rings (SSSR count). The van der Waals surface area contributed by atoms with Gasteiger partial charge in [-0.25, -0.2) is 4.79 Å². The Morgan fingerprint density at radius 3 is 2.48 bits per heavy atom. The number of carbonyl (C=O) groups excluding carboxylic acids is 2. The van der Waals surface area contributed by atoms with Gasteiger partial charge in [-0.1, -0.05) is 48.5 Å². The minimum absolute atomic E-state index is 0.0573. The van der Waals surface area contributed by atoms with Crippen molar-refractivity contribution in [2.24, 2.45) is 0 Å². The molecule has 3 amide bonds. The van der Waals surface area contributed by atoms with E-state index in [1.807, 2.05) is 68.4 Å². The number of nitrogens with zero attached hydrogens (tertiary/aromatic N) is 2. The minimum Gasteiger partial charge on any atom is -0.467 e. The van der Waals surface area contributed by atoms with Crippen LogP contribution in [-0.2, 0) is 17.8 Å². The smallest absolute Gasteiger partial charge is 0.322 e. The zero-order valence-corrected chi connectivity index (χ0v) is 19.3. The van der Waals surface area contributed by atoms with Crippen LogP contribution in [-0.4, -0.2) is 41.4 Å². The molecule has 0 radical (unpaired) electrons. The van der Waals surface area contributed by atoms with E-state index in [4.69, 9.17) is 4.42 Å². The molecule has 0 aliphatic heterocycles. The number of hydrogen-bond acceptors (Lipinski definition) is 3. The highest BCUT2D eigenvalue weighted by Gasteiger charge is 2.22. The topological polar surface area (TPSA) is 65.8 Å². The average molecular weight is 446 g/mol. The maximum Gasteiger partial charge on any atom is 0.322 e. The van der Waals surface area contributed by atoms with Gasteiger partial charge in [-0.2, -0.15) is 0 Å². The molecule has 0 fully saturated rings. The Hall–Kier alpha value is -3.80. The number of benzene rings is 2. The van der Waals surface area contributed by atoms with Crippen LogP contribution in [0.1, 0.15) is 22.5 Å².